The Bertz CT molecular complexity index is 716. The second-order valence-corrected chi connectivity index (χ2v) is 6.17. The Morgan fingerprint density at radius 3 is 2.35 bits per heavy atom. The van der Waals surface area contributed by atoms with E-state index in [1.165, 1.54) is 0 Å². The van der Waals surface area contributed by atoms with Gasteiger partial charge in [0, 0.05) is 21.8 Å². The van der Waals surface area contributed by atoms with Crippen molar-refractivity contribution in [3.8, 4) is 0 Å². The Kier molecular flexibility index (Phi) is 5.93. The number of hydrogen-bond acceptors (Lipinski definition) is 2. The molecule has 0 aliphatic carbocycles. The second-order valence-electron chi connectivity index (χ2n) is 5.31. The van der Waals surface area contributed by atoms with Crippen molar-refractivity contribution in [3.05, 3.63) is 58.6 Å². The Hall–Kier alpha value is -2.14. The lowest BCUT2D eigenvalue weighted by atomic mass is 10.1. The summed E-state index contributed by atoms with van der Waals surface area (Å²) in [6, 6.07) is 14.3. The molecule has 2 amide bonds. The molecule has 0 saturated carbocycles. The standard InChI is InChI=1S/C18H19BrN2O2/c1-3-12(2)17(22)20-13-7-6-8-14(11-13)21-18(23)15-9-4-5-10-16(15)19/h4-12H,3H2,1-2H3,(H,20,22)(H,21,23). The van der Waals surface area contributed by atoms with Gasteiger partial charge in [0.2, 0.25) is 5.91 Å². The zero-order chi connectivity index (χ0) is 16.8. The molecule has 0 bridgehead atoms. The first kappa shape index (κ1) is 17.2. The average Bonchev–Trinajstić information content (AvgIpc) is 2.54. The van der Waals surface area contributed by atoms with Crippen molar-refractivity contribution < 1.29 is 9.59 Å². The van der Waals surface area contributed by atoms with Crippen molar-refractivity contribution in [2.75, 3.05) is 10.6 Å². The van der Waals surface area contributed by atoms with Crippen LogP contribution in [0.5, 0.6) is 0 Å². The van der Waals surface area contributed by atoms with Gasteiger partial charge in [-0.15, -0.1) is 0 Å². The van der Waals surface area contributed by atoms with Gasteiger partial charge in [-0.2, -0.15) is 0 Å². The second kappa shape index (κ2) is 7.92. The number of halogens is 1. The highest BCUT2D eigenvalue weighted by molar-refractivity contribution is 9.10. The van der Waals surface area contributed by atoms with E-state index in [2.05, 4.69) is 26.6 Å². The quantitative estimate of drug-likeness (QED) is 0.797. The summed E-state index contributed by atoms with van der Waals surface area (Å²) in [6.45, 7) is 3.85. The van der Waals surface area contributed by atoms with Gasteiger partial charge >= 0.3 is 0 Å². The summed E-state index contributed by atoms with van der Waals surface area (Å²) in [4.78, 5) is 24.2. The molecule has 1 atom stereocenters. The number of nitrogens with one attached hydrogen (secondary N) is 2. The highest BCUT2D eigenvalue weighted by Gasteiger charge is 2.12. The number of anilines is 2. The molecule has 5 heteroatoms. The molecule has 0 aromatic heterocycles. The van der Waals surface area contributed by atoms with Crippen LogP contribution in [0.4, 0.5) is 11.4 Å². The number of benzene rings is 2. The molecule has 0 fully saturated rings. The number of amides is 2. The van der Waals surface area contributed by atoms with E-state index < -0.39 is 0 Å². The highest BCUT2D eigenvalue weighted by atomic mass is 79.9. The summed E-state index contributed by atoms with van der Waals surface area (Å²) >= 11 is 3.36. The van der Waals surface area contributed by atoms with Crippen LogP contribution in [0, 0.1) is 5.92 Å². The van der Waals surface area contributed by atoms with E-state index in [4.69, 9.17) is 0 Å². The first-order valence-corrected chi connectivity index (χ1v) is 8.27. The molecule has 0 saturated heterocycles. The van der Waals surface area contributed by atoms with Crippen molar-refractivity contribution in [2.45, 2.75) is 20.3 Å². The molecule has 0 heterocycles. The highest BCUT2D eigenvalue weighted by Crippen LogP contribution is 2.20. The monoisotopic (exact) mass is 374 g/mol. The number of carbonyl (C=O) groups excluding carboxylic acids is 2. The maximum absolute atomic E-state index is 12.3. The molecule has 2 N–H and O–H groups in total. The minimum atomic E-state index is -0.206. The van der Waals surface area contributed by atoms with Crippen molar-refractivity contribution in [1.29, 1.82) is 0 Å². The fourth-order valence-electron chi connectivity index (χ4n) is 1.97. The van der Waals surface area contributed by atoms with Crippen LogP contribution in [0.15, 0.2) is 53.0 Å². The van der Waals surface area contributed by atoms with Crippen molar-refractivity contribution in [3.63, 3.8) is 0 Å². The lowest BCUT2D eigenvalue weighted by Crippen LogP contribution is -2.19. The molecule has 120 valence electrons. The van der Waals surface area contributed by atoms with Crippen LogP contribution in [0.25, 0.3) is 0 Å². The third kappa shape index (κ3) is 4.66. The normalized spacial score (nSPS) is 11.6. The van der Waals surface area contributed by atoms with Gasteiger partial charge in [0.05, 0.1) is 5.56 Å². The predicted octanol–water partition coefficient (Wildman–Crippen LogP) is 4.69. The molecule has 0 spiro atoms. The Labute approximate surface area is 144 Å². The van der Waals surface area contributed by atoms with Crippen molar-refractivity contribution in [2.24, 2.45) is 5.92 Å². The van der Waals surface area contributed by atoms with E-state index in [1.54, 1.807) is 30.3 Å². The first-order chi connectivity index (χ1) is 11.0. The molecular formula is C18H19BrN2O2. The van der Waals surface area contributed by atoms with Gasteiger partial charge < -0.3 is 10.6 Å². The molecule has 23 heavy (non-hydrogen) atoms. The largest absolute Gasteiger partial charge is 0.326 e. The first-order valence-electron chi connectivity index (χ1n) is 7.48. The van der Waals surface area contributed by atoms with Gasteiger partial charge in [-0.1, -0.05) is 32.0 Å². The van der Waals surface area contributed by atoms with E-state index in [9.17, 15) is 9.59 Å². The summed E-state index contributed by atoms with van der Waals surface area (Å²) in [7, 11) is 0. The van der Waals surface area contributed by atoms with E-state index in [0.717, 1.165) is 10.9 Å². The molecule has 0 radical (unpaired) electrons. The molecule has 1 unspecified atom stereocenters. The van der Waals surface area contributed by atoms with E-state index >= 15 is 0 Å². The van der Waals surface area contributed by atoms with Crippen LogP contribution in [0.1, 0.15) is 30.6 Å². The Morgan fingerprint density at radius 2 is 1.70 bits per heavy atom. The topological polar surface area (TPSA) is 58.2 Å². The van der Waals surface area contributed by atoms with Gasteiger partial charge in [-0.05, 0) is 52.7 Å². The van der Waals surface area contributed by atoms with Gasteiger partial charge in [0.15, 0.2) is 0 Å². The maximum atomic E-state index is 12.3. The maximum Gasteiger partial charge on any atom is 0.256 e. The molecule has 0 aliphatic heterocycles. The van der Waals surface area contributed by atoms with E-state index in [-0.39, 0.29) is 17.7 Å². The minimum Gasteiger partial charge on any atom is -0.326 e. The SMILES string of the molecule is CCC(C)C(=O)Nc1cccc(NC(=O)c2ccccc2Br)c1. The fourth-order valence-corrected chi connectivity index (χ4v) is 2.43. The van der Waals surface area contributed by atoms with Crippen molar-refractivity contribution in [1.82, 2.24) is 0 Å². The number of carbonyl (C=O) groups is 2. The predicted molar refractivity (Wildman–Crippen MR) is 96.6 cm³/mol. The zero-order valence-electron chi connectivity index (χ0n) is 13.1. The van der Waals surface area contributed by atoms with Crippen LogP contribution in [0.3, 0.4) is 0 Å². The third-order valence-corrected chi connectivity index (χ3v) is 4.26. The van der Waals surface area contributed by atoms with Crippen molar-refractivity contribution >= 4 is 39.1 Å². The molecule has 2 rings (SSSR count). The minimum absolute atomic E-state index is 0.0261. The molecular weight excluding hydrogens is 356 g/mol. The summed E-state index contributed by atoms with van der Waals surface area (Å²) < 4.78 is 0.735. The van der Waals surface area contributed by atoms with Crippen LogP contribution >= 0.6 is 15.9 Å². The van der Waals surface area contributed by atoms with Crippen LogP contribution < -0.4 is 10.6 Å². The van der Waals surface area contributed by atoms with Crippen LogP contribution in [-0.2, 0) is 4.79 Å². The Balaban J connectivity index is 2.10. The smallest absolute Gasteiger partial charge is 0.256 e. The lowest BCUT2D eigenvalue weighted by molar-refractivity contribution is -0.119. The summed E-state index contributed by atoms with van der Waals surface area (Å²) in [5.41, 5.74) is 1.86. The Morgan fingerprint density at radius 1 is 1.04 bits per heavy atom. The van der Waals surface area contributed by atoms with Gasteiger partial charge in [-0.3, -0.25) is 9.59 Å². The van der Waals surface area contributed by atoms with Gasteiger partial charge in [0.25, 0.3) is 5.91 Å². The van der Waals surface area contributed by atoms with E-state index in [0.29, 0.717) is 16.9 Å². The fraction of sp³-hybridized carbons (Fsp3) is 0.222. The van der Waals surface area contributed by atoms with Crippen LogP contribution in [-0.4, -0.2) is 11.8 Å². The van der Waals surface area contributed by atoms with Gasteiger partial charge in [-0.25, -0.2) is 0 Å². The van der Waals surface area contributed by atoms with Gasteiger partial charge in [0.1, 0.15) is 0 Å². The van der Waals surface area contributed by atoms with Crippen LogP contribution in [0.2, 0.25) is 0 Å². The summed E-state index contributed by atoms with van der Waals surface area (Å²) in [6.07, 6.45) is 0.782. The molecule has 4 nitrogen and oxygen atoms in total. The van der Waals surface area contributed by atoms with E-state index in [1.807, 2.05) is 32.0 Å². The number of rotatable bonds is 5. The third-order valence-electron chi connectivity index (χ3n) is 3.57. The molecule has 2 aromatic carbocycles. The summed E-state index contributed by atoms with van der Waals surface area (Å²) in [5, 5.41) is 5.69. The molecule has 2 aromatic rings. The molecule has 0 aliphatic rings. The number of hydrogen-bond donors (Lipinski definition) is 2. The summed E-state index contributed by atoms with van der Waals surface area (Å²) in [5.74, 6) is -0.279. The lowest BCUT2D eigenvalue weighted by Gasteiger charge is -2.12. The average molecular weight is 375 g/mol. The zero-order valence-corrected chi connectivity index (χ0v) is 14.7.